The molecule has 3 aliphatic rings. The minimum atomic E-state index is -0.897. The van der Waals surface area contributed by atoms with Gasteiger partial charge in [-0.3, -0.25) is 9.59 Å². The number of benzene rings is 1. The van der Waals surface area contributed by atoms with Crippen LogP contribution in [0, 0.1) is 5.92 Å². The zero-order valence-electron chi connectivity index (χ0n) is 21.0. The highest BCUT2D eigenvalue weighted by atomic mass is 16.4. The molecule has 1 amide bonds. The highest BCUT2D eigenvalue weighted by molar-refractivity contribution is 5.81. The maximum atomic E-state index is 12.9. The number of carbonyl (C=O) groups excluding carboxylic acids is 1. The molecule has 2 atom stereocenters. The van der Waals surface area contributed by atoms with Crippen molar-refractivity contribution in [3.05, 3.63) is 58.8 Å². The maximum absolute atomic E-state index is 12.9. The number of nitrogens with one attached hydrogen (secondary N) is 2. The summed E-state index contributed by atoms with van der Waals surface area (Å²) >= 11 is 0. The quantitative estimate of drug-likeness (QED) is 0.467. The van der Waals surface area contributed by atoms with Gasteiger partial charge in [0.05, 0.1) is 11.8 Å². The van der Waals surface area contributed by atoms with Crippen LogP contribution in [0.3, 0.4) is 0 Å². The first kappa shape index (κ1) is 24.8. The van der Waals surface area contributed by atoms with Crippen molar-refractivity contribution in [2.75, 3.05) is 38.0 Å². The van der Waals surface area contributed by atoms with Gasteiger partial charge in [0.1, 0.15) is 5.82 Å². The van der Waals surface area contributed by atoms with Gasteiger partial charge in [-0.25, -0.2) is 4.98 Å². The van der Waals surface area contributed by atoms with E-state index in [1.807, 2.05) is 24.3 Å². The number of carboxylic acids is 1. The van der Waals surface area contributed by atoms with E-state index >= 15 is 0 Å². The Morgan fingerprint density at radius 3 is 2.72 bits per heavy atom. The molecule has 3 heterocycles. The van der Waals surface area contributed by atoms with Gasteiger partial charge < -0.3 is 20.6 Å². The number of anilines is 1. The van der Waals surface area contributed by atoms with Crippen molar-refractivity contribution >= 4 is 17.7 Å². The number of aryl methyl sites for hydroxylation is 2. The van der Waals surface area contributed by atoms with Crippen LogP contribution in [0.25, 0.3) is 0 Å². The van der Waals surface area contributed by atoms with Crippen LogP contribution in [0.4, 0.5) is 5.82 Å². The number of pyridine rings is 1. The van der Waals surface area contributed by atoms with Crippen molar-refractivity contribution in [2.45, 2.75) is 63.2 Å². The van der Waals surface area contributed by atoms with Gasteiger partial charge >= 0.3 is 5.97 Å². The molecule has 2 aromatic rings. The zero-order chi connectivity index (χ0) is 24.9. The summed E-state index contributed by atoms with van der Waals surface area (Å²) in [7, 11) is 0. The lowest BCUT2D eigenvalue weighted by atomic mass is 9.95. The van der Waals surface area contributed by atoms with E-state index < -0.39 is 11.9 Å². The van der Waals surface area contributed by atoms with Gasteiger partial charge in [-0.05, 0) is 93.1 Å². The third-order valence-corrected chi connectivity index (χ3v) is 7.90. The first-order chi connectivity index (χ1) is 17.6. The van der Waals surface area contributed by atoms with Gasteiger partial charge in [0.15, 0.2) is 0 Å². The van der Waals surface area contributed by atoms with Crippen molar-refractivity contribution < 1.29 is 14.7 Å². The number of hydrogen-bond donors (Lipinski definition) is 3. The van der Waals surface area contributed by atoms with Crippen molar-refractivity contribution in [1.82, 2.24) is 15.2 Å². The molecule has 3 N–H and O–H groups in total. The first-order valence-corrected chi connectivity index (χ1v) is 13.6. The van der Waals surface area contributed by atoms with E-state index in [0.29, 0.717) is 5.92 Å². The van der Waals surface area contributed by atoms with Gasteiger partial charge in [0, 0.05) is 25.3 Å². The number of nitrogens with zero attached hydrogens (tertiary/aromatic N) is 2. The van der Waals surface area contributed by atoms with Gasteiger partial charge in [-0.15, -0.1) is 0 Å². The topological polar surface area (TPSA) is 94.6 Å². The molecule has 2 unspecified atom stereocenters. The van der Waals surface area contributed by atoms with Crippen molar-refractivity contribution in [3.63, 3.8) is 0 Å². The fraction of sp³-hybridized carbons (Fsp3) is 0.552. The molecule has 1 aliphatic carbocycles. The van der Waals surface area contributed by atoms with E-state index in [9.17, 15) is 14.7 Å². The first-order valence-electron chi connectivity index (χ1n) is 13.6. The third-order valence-electron chi connectivity index (χ3n) is 7.90. The molecule has 192 valence electrons. The Balaban J connectivity index is 1.08. The van der Waals surface area contributed by atoms with Gasteiger partial charge in [-0.1, -0.05) is 30.3 Å². The zero-order valence-corrected chi connectivity index (χ0v) is 21.0. The largest absolute Gasteiger partial charge is 0.481 e. The highest BCUT2D eigenvalue weighted by Crippen LogP contribution is 2.40. The Morgan fingerprint density at radius 1 is 1.11 bits per heavy atom. The maximum Gasteiger partial charge on any atom is 0.312 e. The number of piperidine rings is 1. The number of aliphatic carboxylic acids is 1. The summed E-state index contributed by atoms with van der Waals surface area (Å²) in [6, 6.07) is 12.3. The van der Waals surface area contributed by atoms with E-state index in [4.69, 9.17) is 4.98 Å². The van der Waals surface area contributed by atoms with Crippen LogP contribution < -0.4 is 10.6 Å². The van der Waals surface area contributed by atoms with Crippen LogP contribution >= 0.6 is 0 Å². The number of rotatable bonds is 10. The lowest BCUT2D eigenvalue weighted by Crippen LogP contribution is -2.44. The molecule has 36 heavy (non-hydrogen) atoms. The normalized spacial score (nSPS) is 20.7. The average Bonchev–Trinajstić information content (AvgIpc) is 3.75. The molecule has 1 aromatic heterocycles. The summed E-state index contributed by atoms with van der Waals surface area (Å²) in [5, 5.41) is 16.1. The summed E-state index contributed by atoms with van der Waals surface area (Å²) in [5.74, 6) is -0.0414. The number of hydrogen-bond acceptors (Lipinski definition) is 5. The standard InChI is InChI=1S/C29H38N4O3/c34-28(31-18-26(29(35)36)22-11-9-21(10-12-22)20-7-8-20)24-5-2-16-33(19-24)17-3-6-25-14-13-23-4-1-15-30-27(23)32-25/h9-14,20,24,26H,1-8,15-19H2,(H,30,32)(H,31,34)(H,35,36). The lowest BCUT2D eigenvalue weighted by molar-refractivity contribution is -0.138. The van der Waals surface area contributed by atoms with Crippen LogP contribution in [-0.4, -0.2) is 59.6 Å². The number of carbonyl (C=O) groups is 2. The van der Waals surface area contributed by atoms with E-state index in [2.05, 4.69) is 27.7 Å². The number of likely N-dealkylation sites (tertiary alicyclic amines) is 1. The van der Waals surface area contributed by atoms with E-state index in [-0.39, 0.29) is 18.4 Å². The van der Waals surface area contributed by atoms with E-state index in [1.165, 1.54) is 30.4 Å². The Morgan fingerprint density at radius 2 is 1.94 bits per heavy atom. The molecular formula is C29H38N4O3. The van der Waals surface area contributed by atoms with Crippen molar-refractivity contribution in [3.8, 4) is 0 Å². The van der Waals surface area contributed by atoms with Crippen LogP contribution in [-0.2, 0) is 22.4 Å². The second-order valence-electron chi connectivity index (χ2n) is 10.7. The smallest absolute Gasteiger partial charge is 0.312 e. The number of amides is 1. The number of fused-ring (bicyclic) bond motifs is 1. The molecule has 2 fully saturated rings. The van der Waals surface area contributed by atoms with Crippen molar-refractivity contribution in [1.29, 1.82) is 0 Å². The molecule has 0 bridgehead atoms. The Bertz CT molecular complexity index is 1070. The van der Waals surface area contributed by atoms with E-state index in [1.54, 1.807) is 0 Å². The number of carboxylic acid groups (broad SMARTS) is 1. The molecule has 1 saturated heterocycles. The summed E-state index contributed by atoms with van der Waals surface area (Å²) in [6.45, 7) is 3.82. The fourth-order valence-electron chi connectivity index (χ4n) is 5.58. The van der Waals surface area contributed by atoms with Gasteiger partial charge in [0.2, 0.25) is 5.91 Å². The minimum absolute atomic E-state index is 0.0250. The second kappa shape index (κ2) is 11.4. The summed E-state index contributed by atoms with van der Waals surface area (Å²) in [6.07, 6.45) is 8.50. The third kappa shape index (κ3) is 6.25. The minimum Gasteiger partial charge on any atom is -0.481 e. The monoisotopic (exact) mass is 490 g/mol. The van der Waals surface area contributed by atoms with Crippen molar-refractivity contribution in [2.24, 2.45) is 5.92 Å². The summed E-state index contributed by atoms with van der Waals surface area (Å²) in [4.78, 5) is 32.0. The predicted molar refractivity (Wildman–Crippen MR) is 140 cm³/mol. The van der Waals surface area contributed by atoms with Gasteiger partial charge in [-0.2, -0.15) is 0 Å². The van der Waals surface area contributed by atoms with Crippen LogP contribution in [0.2, 0.25) is 0 Å². The van der Waals surface area contributed by atoms with Crippen LogP contribution in [0.1, 0.15) is 72.7 Å². The Labute approximate surface area is 213 Å². The lowest BCUT2D eigenvalue weighted by Gasteiger charge is -2.32. The van der Waals surface area contributed by atoms with Gasteiger partial charge in [0.25, 0.3) is 0 Å². The van der Waals surface area contributed by atoms with Crippen LogP contribution in [0.15, 0.2) is 36.4 Å². The summed E-state index contributed by atoms with van der Waals surface area (Å²) in [5.41, 5.74) is 4.48. The number of aromatic nitrogens is 1. The van der Waals surface area contributed by atoms with Crippen LogP contribution in [0.5, 0.6) is 0 Å². The highest BCUT2D eigenvalue weighted by Gasteiger charge is 2.28. The molecule has 1 saturated carbocycles. The SMILES string of the molecule is O=C(NCC(C(=O)O)c1ccc(C2CC2)cc1)C1CCCN(CCCc2ccc3c(n2)NCCC3)C1. The predicted octanol–water partition coefficient (Wildman–Crippen LogP) is 3.95. The Kier molecular flexibility index (Phi) is 7.85. The molecular weight excluding hydrogens is 452 g/mol. The summed E-state index contributed by atoms with van der Waals surface area (Å²) < 4.78 is 0. The van der Waals surface area contributed by atoms with E-state index in [0.717, 1.165) is 75.4 Å². The molecule has 0 spiro atoms. The molecule has 0 radical (unpaired) electrons. The Hall–Kier alpha value is -2.93. The molecule has 2 aliphatic heterocycles. The molecule has 5 rings (SSSR count). The molecule has 7 heteroatoms. The second-order valence-corrected chi connectivity index (χ2v) is 10.7. The fourth-order valence-corrected chi connectivity index (χ4v) is 5.58. The average molecular weight is 491 g/mol. The molecule has 7 nitrogen and oxygen atoms in total. The molecule has 1 aromatic carbocycles.